The summed E-state index contributed by atoms with van der Waals surface area (Å²) in [6, 6.07) is 12.9. The number of fused-ring (bicyclic) bond motifs is 1. The number of carboxylic acids is 1. The minimum absolute atomic E-state index is 0.250. The molecule has 1 N–H and O–H groups in total. The number of nitrogens with zero attached hydrogens (tertiary/aromatic N) is 4. The molecule has 0 aromatic carbocycles. The predicted molar refractivity (Wildman–Crippen MR) is 115 cm³/mol. The summed E-state index contributed by atoms with van der Waals surface area (Å²) in [4.78, 5) is 30.6. The average Bonchev–Trinajstić information content (AvgIpc) is 2.81. The SMILES string of the molecule is C#Cc1ccc(C2(C#N)CCN(Cc3cc(C(=O)O)c(=O)n4ccccc34)CC2)nc1. The van der Waals surface area contributed by atoms with Crippen LogP contribution in [0.1, 0.15) is 40.0 Å². The number of rotatable bonds is 4. The Morgan fingerprint density at radius 2 is 2.03 bits per heavy atom. The fraction of sp³-hybridized carbons (Fsp3) is 0.250. The van der Waals surface area contributed by atoms with Gasteiger partial charge in [-0.3, -0.25) is 19.1 Å². The number of pyridine rings is 3. The molecule has 4 rings (SSSR count). The van der Waals surface area contributed by atoms with Crippen LogP contribution in [-0.2, 0) is 12.0 Å². The van der Waals surface area contributed by atoms with Crippen molar-refractivity contribution in [2.24, 2.45) is 0 Å². The smallest absolute Gasteiger partial charge is 0.341 e. The Kier molecular flexibility index (Phi) is 5.29. The molecule has 0 atom stereocenters. The van der Waals surface area contributed by atoms with E-state index in [4.69, 9.17) is 6.42 Å². The fourth-order valence-electron chi connectivity index (χ4n) is 4.12. The number of carboxylic acid groups (broad SMARTS) is 1. The molecule has 31 heavy (non-hydrogen) atoms. The van der Waals surface area contributed by atoms with Crippen LogP contribution in [0.25, 0.3) is 5.52 Å². The van der Waals surface area contributed by atoms with Gasteiger partial charge >= 0.3 is 5.97 Å². The number of hydrogen-bond acceptors (Lipinski definition) is 5. The molecule has 1 saturated heterocycles. The molecule has 0 radical (unpaired) electrons. The Morgan fingerprint density at radius 3 is 2.65 bits per heavy atom. The highest BCUT2D eigenvalue weighted by Gasteiger charge is 2.37. The van der Waals surface area contributed by atoms with Crippen molar-refractivity contribution in [1.29, 1.82) is 5.26 Å². The molecule has 1 aliphatic heterocycles. The van der Waals surface area contributed by atoms with E-state index in [2.05, 4.69) is 21.9 Å². The molecule has 0 unspecified atom stereocenters. The van der Waals surface area contributed by atoms with Gasteiger partial charge < -0.3 is 5.11 Å². The number of terminal acetylenes is 1. The van der Waals surface area contributed by atoms with Crippen molar-refractivity contribution in [1.82, 2.24) is 14.3 Å². The Hall–Kier alpha value is -3.94. The molecule has 0 bridgehead atoms. The lowest BCUT2D eigenvalue weighted by molar-refractivity contribution is 0.0694. The molecule has 1 fully saturated rings. The highest BCUT2D eigenvalue weighted by Crippen LogP contribution is 2.34. The van der Waals surface area contributed by atoms with Gasteiger partial charge in [0, 0.05) is 37.6 Å². The molecule has 3 aromatic rings. The van der Waals surface area contributed by atoms with Crippen molar-refractivity contribution in [2.75, 3.05) is 13.1 Å². The van der Waals surface area contributed by atoms with Crippen molar-refractivity contribution in [3.05, 3.63) is 81.5 Å². The van der Waals surface area contributed by atoms with Crippen LogP contribution in [-0.4, -0.2) is 38.4 Å². The fourth-order valence-corrected chi connectivity index (χ4v) is 4.12. The van der Waals surface area contributed by atoms with E-state index >= 15 is 0 Å². The van der Waals surface area contributed by atoms with E-state index in [1.807, 2.05) is 18.2 Å². The van der Waals surface area contributed by atoms with Crippen LogP contribution in [0.15, 0.2) is 53.6 Å². The lowest BCUT2D eigenvalue weighted by atomic mass is 9.76. The van der Waals surface area contributed by atoms with Gasteiger partial charge in [0.15, 0.2) is 0 Å². The maximum absolute atomic E-state index is 12.5. The Bertz CT molecular complexity index is 1290. The number of piperidine rings is 1. The summed E-state index contributed by atoms with van der Waals surface area (Å²) < 4.78 is 1.37. The first-order chi connectivity index (χ1) is 15.0. The van der Waals surface area contributed by atoms with Gasteiger partial charge in [0.2, 0.25) is 0 Å². The summed E-state index contributed by atoms with van der Waals surface area (Å²) in [6.07, 6.45) is 9.79. The van der Waals surface area contributed by atoms with Gasteiger partial charge in [-0.2, -0.15) is 5.26 Å². The number of carbonyl (C=O) groups is 1. The van der Waals surface area contributed by atoms with E-state index in [-0.39, 0.29) is 5.56 Å². The van der Waals surface area contributed by atoms with Crippen LogP contribution >= 0.6 is 0 Å². The predicted octanol–water partition coefficient (Wildman–Crippen LogP) is 2.43. The van der Waals surface area contributed by atoms with Gasteiger partial charge in [-0.05, 0) is 48.7 Å². The largest absolute Gasteiger partial charge is 0.477 e. The van der Waals surface area contributed by atoms with Gasteiger partial charge in [-0.1, -0.05) is 12.0 Å². The van der Waals surface area contributed by atoms with Crippen LogP contribution in [0, 0.1) is 23.7 Å². The summed E-state index contributed by atoms with van der Waals surface area (Å²) in [7, 11) is 0. The monoisotopic (exact) mass is 412 g/mol. The third kappa shape index (κ3) is 3.68. The molecule has 4 heterocycles. The maximum atomic E-state index is 12.5. The first kappa shape index (κ1) is 20.3. The van der Waals surface area contributed by atoms with Crippen LogP contribution in [0.2, 0.25) is 0 Å². The van der Waals surface area contributed by atoms with Gasteiger partial charge in [-0.25, -0.2) is 4.79 Å². The van der Waals surface area contributed by atoms with Gasteiger partial charge in [0.1, 0.15) is 11.0 Å². The molecule has 0 amide bonds. The van der Waals surface area contributed by atoms with Gasteiger partial charge in [-0.15, -0.1) is 6.42 Å². The number of likely N-dealkylation sites (tertiary alicyclic amines) is 1. The topological polar surface area (TPSA) is 98.7 Å². The van der Waals surface area contributed by atoms with Crippen LogP contribution in [0.5, 0.6) is 0 Å². The standard InChI is InChI=1S/C24H20N4O3/c1-2-17-6-7-21(26-14-17)24(16-25)8-11-27(12-9-24)15-18-13-19(23(30)31)22(29)28-10-4-3-5-20(18)28/h1,3-7,10,13-14H,8-9,11-12,15H2,(H,30,31). The lowest BCUT2D eigenvalue weighted by Crippen LogP contribution is -2.42. The number of aromatic carboxylic acids is 1. The average molecular weight is 412 g/mol. The third-order valence-corrected chi connectivity index (χ3v) is 5.93. The molecule has 7 nitrogen and oxygen atoms in total. The molecule has 3 aromatic heterocycles. The highest BCUT2D eigenvalue weighted by atomic mass is 16.4. The number of hydrogen-bond donors (Lipinski definition) is 1. The van der Waals surface area contributed by atoms with Crippen LogP contribution in [0.4, 0.5) is 0 Å². The number of nitriles is 1. The summed E-state index contributed by atoms with van der Waals surface area (Å²) in [5.74, 6) is 1.29. The summed E-state index contributed by atoms with van der Waals surface area (Å²) in [5.41, 5.74) is 1.37. The molecule has 0 aliphatic carbocycles. The van der Waals surface area contributed by atoms with E-state index in [1.54, 1.807) is 24.5 Å². The zero-order valence-corrected chi connectivity index (χ0v) is 16.8. The van der Waals surface area contributed by atoms with Crippen LogP contribution in [0.3, 0.4) is 0 Å². The quantitative estimate of drug-likeness (QED) is 0.661. The molecule has 1 aliphatic rings. The van der Waals surface area contributed by atoms with Crippen LogP contribution < -0.4 is 5.56 Å². The Labute approximate surface area is 179 Å². The van der Waals surface area contributed by atoms with Crippen molar-refractivity contribution in [2.45, 2.75) is 24.8 Å². The summed E-state index contributed by atoms with van der Waals surface area (Å²) in [6.45, 7) is 1.78. The zero-order valence-electron chi connectivity index (χ0n) is 16.8. The molecular formula is C24H20N4O3. The second-order valence-corrected chi connectivity index (χ2v) is 7.70. The molecule has 0 saturated carbocycles. The van der Waals surface area contributed by atoms with E-state index in [0.717, 1.165) is 11.3 Å². The van der Waals surface area contributed by atoms with Crippen molar-refractivity contribution >= 4 is 11.5 Å². The van der Waals surface area contributed by atoms with Crippen molar-refractivity contribution < 1.29 is 9.90 Å². The Morgan fingerprint density at radius 1 is 1.26 bits per heavy atom. The van der Waals surface area contributed by atoms with Gasteiger partial charge in [0.25, 0.3) is 5.56 Å². The molecular weight excluding hydrogens is 392 g/mol. The molecule has 154 valence electrons. The maximum Gasteiger partial charge on any atom is 0.341 e. The Balaban J connectivity index is 1.59. The van der Waals surface area contributed by atoms with Crippen molar-refractivity contribution in [3.8, 4) is 18.4 Å². The van der Waals surface area contributed by atoms with E-state index in [0.29, 0.717) is 43.6 Å². The molecule has 0 spiro atoms. The molecule has 7 heteroatoms. The normalized spacial score (nSPS) is 15.8. The van der Waals surface area contributed by atoms with E-state index in [9.17, 15) is 20.0 Å². The zero-order chi connectivity index (χ0) is 22.0. The third-order valence-electron chi connectivity index (χ3n) is 5.93. The minimum atomic E-state index is -1.24. The highest BCUT2D eigenvalue weighted by molar-refractivity contribution is 5.88. The second kappa shape index (κ2) is 8.06. The van der Waals surface area contributed by atoms with Crippen molar-refractivity contribution in [3.63, 3.8) is 0 Å². The first-order valence-corrected chi connectivity index (χ1v) is 9.91. The first-order valence-electron chi connectivity index (χ1n) is 9.91. The second-order valence-electron chi connectivity index (χ2n) is 7.70. The lowest BCUT2D eigenvalue weighted by Gasteiger charge is -2.37. The van der Waals surface area contributed by atoms with E-state index < -0.39 is 16.9 Å². The summed E-state index contributed by atoms with van der Waals surface area (Å²) >= 11 is 0. The minimum Gasteiger partial charge on any atom is -0.477 e. The summed E-state index contributed by atoms with van der Waals surface area (Å²) in [5, 5.41) is 19.4. The van der Waals surface area contributed by atoms with Gasteiger partial charge in [0.05, 0.1) is 17.3 Å². The number of aromatic nitrogens is 2. The van der Waals surface area contributed by atoms with E-state index in [1.165, 1.54) is 10.5 Å².